The molecule has 6 heteroatoms. The predicted octanol–water partition coefficient (Wildman–Crippen LogP) is 1.18. The second-order valence-corrected chi connectivity index (χ2v) is 3.98. The first-order valence-electron chi connectivity index (χ1n) is 5.64. The van der Waals surface area contributed by atoms with Crippen molar-refractivity contribution in [3.63, 3.8) is 0 Å². The topological polar surface area (TPSA) is 81.2 Å². The lowest BCUT2D eigenvalue weighted by Gasteiger charge is -2.32. The van der Waals surface area contributed by atoms with Crippen LogP contribution in [0.2, 0.25) is 0 Å². The minimum Gasteiger partial charge on any atom is -0.381 e. The van der Waals surface area contributed by atoms with Crippen molar-refractivity contribution in [1.29, 1.82) is 5.26 Å². The molecule has 0 aromatic carbocycles. The fourth-order valence-corrected chi connectivity index (χ4v) is 1.92. The Morgan fingerprint density at radius 2 is 2.24 bits per heavy atom. The molecule has 6 nitrogen and oxygen atoms in total. The number of ether oxygens (including phenoxy) is 2. The van der Waals surface area contributed by atoms with Crippen LogP contribution in [0.5, 0.6) is 0 Å². The zero-order valence-electron chi connectivity index (χ0n) is 9.81. The van der Waals surface area contributed by atoms with Crippen LogP contribution in [0, 0.1) is 11.3 Å². The largest absolute Gasteiger partial charge is 0.381 e. The first kappa shape index (κ1) is 12.0. The van der Waals surface area contributed by atoms with E-state index in [2.05, 4.69) is 10.1 Å². The molecule has 2 heterocycles. The normalized spacial score (nSPS) is 18.8. The van der Waals surface area contributed by atoms with Gasteiger partial charge in [-0.2, -0.15) is 10.2 Å². The molecule has 17 heavy (non-hydrogen) atoms. The molecule has 0 radical (unpaired) electrons. The third kappa shape index (κ3) is 2.46. The average Bonchev–Trinajstić information content (AvgIpc) is 2.86. The van der Waals surface area contributed by atoms with E-state index in [1.165, 1.54) is 0 Å². The van der Waals surface area contributed by atoms with Crippen LogP contribution < -0.4 is 0 Å². The van der Waals surface area contributed by atoms with E-state index in [0.717, 1.165) is 12.8 Å². The number of nitriles is 1. The highest BCUT2D eigenvalue weighted by molar-refractivity contribution is 5.03. The van der Waals surface area contributed by atoms with Crippen molar-refractivity contribution in [1.82, 2.24) is 10.1 Å². The van der Waals surface area contributed by atoms with E-state index in [9.17, 15) is 0 Å². The smallest absolute Gasteiger partial charge is 0.227 e. The first-order valence-corrected chi connectivity index (χ1v) is 5.64. The molecule has 0 unspecified atom stereocenters. The van der Waals surface area contributed by atoms with Crippen LogP contribution in [-0.4, -0.2) is 30.5 Å². The van der Waals surface area contributed by atoms with Gasteiger partial charge in [-0.3, -0.25) is 0 Å². The Hall–Kier alpha value is -1.45. The second kappa shape index (κ2) is 5.25. The summed E-state index contributed by atoms with van der Waals surface area (Å²) in [7, 11) is 1.65. The Morgan fingerprint density at radius 1 is 1.47 bits per heavy atom. The lowest BCUT2D eigenvalue weighted by molar-refractivity contribution is -0.101. The highest BCUT2D eigenvalue weighted by Gasteiger charge is 2.39. The first-order chi connectivity index (χ1) is 8.30. The molecule has 0 spiro atoms. The number of aryl methyl sites for hydroxylation is 1. The number of methoxy groups -OCH3 is 1. The molecule has 2 rings (SSSR count). The summed E-state index contributed by atoms with van der Waals surface area (Å²) in [5, 5.41) is 12.5. The van der Waals surface area contributed by atoms with Gasteiger partial charge >= 0.3 is 0 Å². The standard InChI is InChI=1S/C11H15N3O3/c1-15-11(4-7-16-8-5-11)10-13-9(17-14-10)3-2-6-12/h2-5,7-8H2,1H3. The molecule has 0 bridgehead atoms. The fraction of sp³-hybridized carbons (Fsp3) is 0.727. The van der Waals surface area contributed by atoms with Crippen molar-refractivity contribution in [3.8, 4) is 6.07 Å². The summed E-state index contributed by atoms with van der Waals surface area (Å²) in [6, 6.07) is 2.05. The van der Waals surface area contributed by atoms with E-state index < -0.39 is 5.60 Å². The predicted molar refractivity (Wildman–Crippen MR) is 57.0 cm³/mol. The van der Waals surface area contributed by atoms with Crippen LogP contribution in [0.1, 0.15) is 31.0 Å². The molecule has 92 valence electrons. The van der Waals surface area contributed by atoms with Gasteiger partial charge < -0.3 is 14.0 Å². The zero-order chi connectivity index (χ0) is 12.1. The molecular weight excluding hydrogens is 222 g/mol. The average molecular weight is 237 g/mol. The summed E-state index contributed by atoms with van der Waals surface area (Å²) in [5.41, 5.74) is -0.493. The van der Waals surface area contributed by atoms with Crippen LogP contribution in [0.25, 0.3) is 0 Å². The monoisotopic (exact) mass is 237 g/mol. The highest BCUT2D eigenvalue weighted by Crippen LogP contribution is 2.33. The minimum atomic E-state index is -0.493. The summed E-state index contributed by atoms with van der Waals surface area (Å²) in [5.74, 6) is 1.06. The van der Waals surface area contributed by atoms with Gasteiger partial charge in [0.1, 0.15) is 5.60 Å². The quantitative estimate of drug-likeness (QED) is 0.782. The van der Waals surface area contributed by atoms with E-state index >= 15 is 0 Å². The van der Waals surface area contributed by atoms with Crippen LogP contribution in [0.3, 0.4) is 0 Å². The SMILES string of the molecule is COC1(c2noc(CCC#N)n2)CCOCC1. The zero-order valence-corrected chi connectivity index (χ0v) is 9.81. The lowest BCUT2D eigenvalue weighted by atomic mass is 9.93. The van der Waals surface area contributed by atoms with E-state index in [4.69, 9.17) is 19.3 Å². The maximum atomic E-state index is 8.50. The van der Waals surface area contributed by atoms with E-state index in [1.54, 1.807) is 7.11 Å². The van der Waals surface area contributed by atoms with Crippen molar-refractivity contribution < 1.29 is 14.0 Å². The molecule has 1 fully saturated rings. The molecule has 0 amide bonds. The van der Waals surface area contributed by atoms with Crippen molar-refractivity contribution >= 4 is 0 Å². The maximum Gasteiger partial charge on any atom is 0.227 e. The molecule has 1 aromatic rings. The Labute approximate surface area is 99.5 Å². The minimum absolute atomic E-state index is 0.380. The molecule has 1 aromatic heterocycles. The van der Waals surface area contributed by atoms with Gasteiger partial charge in [-0.15, -0.1) is 0 Å². The third-order valence-corrected chi connectivity index (χ3v) is 3.02. The molecule has 1 aliphatic heterocycles. The van der Waals surface area contributed by atoms with E-state index in [0.29, 0.717) is 37.8 Å². The highest BCUT2D eigenvalue weighted by atomic mass is 16.5. The second-order valence-electron chi connectivity index (χ2n) is 3.98. The third-order valence-electron chi connectivity index (χ3n) is 3.02. The Morgan fingerprint density at radius 3 is 2.88 bits per heavy atom. The van der Waals surface area contributed by atoms with Gasteiger partial charge in [0.15, 0.2) is 0 Å². The van der Waals surface area contributed by atoms with Gasteiger partial charge in [0, 0.05) is 46.0 Å². The Bertz CT molecular complexity index is 404. The van der Waals surface area contributed by atoms with Crippen molar-refractivity contribution in [3.05, 3.63) is 11.7 Å². The number of nitrogens with zero attached hydrogens (tertiary/aromatic N) is 3. The van der Waals surface area contributed by atoms with Gasteiger partial charge in [-0.1, -0.05) is 5.16 Å². The van der Waals surface area contributed by atoms with Crippen LogP contribution >= 0.6 is 0 Å². The van der Waals surface area contributed by atoms with Gasteiger partial charge in [0.25, 0.3) is 0 Å². The van der Waals surface area contributed by atoms with Crippen LogP contribution in [-0.2, 0) is 21.5 Å². The van der Waals surface area contributed by atoms with Crippen molar-refractivity contribution in [2.45, 2.75) is 31.3 Å². The number of hydrogen-bond donors (Lipinski definition) is 0. The lowest BCUT2D eigenvalue weighted by Crippen LogP contribution is -2.36. The van der Waals surface area contributed by atoms with Crippen LogP contribution in [0.4, 0.5) is 0 Å². The molecule has 1 aliphatic rings. The fourth-order valence-electron chi connectivity index (χ4n) is 1.92. The summed E-state index contributed by atoms with van der Waals surface area (Å²) in [4.78, 5) is 4.30. The van der Waals surface area contributed by atoms with Crippen molar-refractivity contribution in [2.75, 3.05) is 20.3 Å². The van der Waals surface area contributed by atoms with E-state index in [-0.39, 0.29) is 0 Å². The number of aromatic nitrogens is 2. The Balaban J connectivity index is 2.14. The van der Waals surface area contributed by atoms with E-state index in [1.807, 2.05) is 6.07 Å². The maximum absolute atomic E-state index is 8.50. The van der Waals surface area contributed by atoms with Crippen molar-refractivity contribution in [2.24, 2.45) is 0 Å². The van der Waals surface area contributed by atoms with Gasteiger partial charge in [-0.05, 0) is 0 Å². The molecule has 0 N–H and O–H groups in total. The summed E-state index contributed by atoms with van der Waals surface area (Å²) >= 11 is 0. The number of hydrogen-bond acceptors (Lipinski definition) is 6. The summed E-state index contributed by atoms with van der Waals surface area (Å²) in [6.07, 6.45) is 2.31. The molecule has 0 aliphatic carbocycles. The molecular formula is C11H15N3O3. The van der Waals surface area contributed by atoms with Gasteiger partial charge in [0.05, 0.1) is 6.07 Å². The van der Waals surface area contributed by atoms with Gasteiger partial charge in [-0.25, -0.2) is 0 Å². The molecule has 0 atom stereocenters. The van der Waals surface area contributed by atoms with Gasteiger partial charge in [0.2, 0.25) is 11.7 Å². The molecule has 1 saturated heterocycles. The summed E-state index contributed by atoms with van der Waals surface area (Å²) in [6.45, 7) is 1.27. The number of rotatable bonds is 4. The molecule has 0 saturated carbocycles. The van der Waals surface area contributed by atoms with Crippen LogP contribution in [0.15, 0.2) is 4.52 Å². The summed E-state index contributed by atoms with van der Waals surface area (Å²) < 4.78 is 16.0. The Kier molecular flexibility index (Phi) is 3.71.